The van der Waals surface area contributed by atoms with Gasteiger partial charge in [-0.2, -0.15) is 0 Å². The van der Waals surface area contributed by atoms with Gasteiger partial charge in [0.1, 0.15) is 5.75 Å². The Morgan fingerprint density at radius 1 is 1.05 bits per heavy atom. The first-order valence-electron chi connectivity index (χ1n) is 7.35. The summed E-state index contributed by atoms with van der Waals surface area (Å²) in [6.45, 7) is 6.22. The maximum atomic E-state index is 12.0. The van der Waals surface area contributed by atoms with Crippen molar-refractivity contribution in [1.29, 1.82) is 0 Å². The average Bonchev–Trinajstić information content (AvgIpc) is 2.50. The molecule has 2 N–H and O–H groups in total. The molecule has 0 heterocycles. The number of amides is 2. The summed E-state index contributed by atoms with van der Waals surface area (Å²) in [5, 5.41) is 6.03. The van der Waals surface area contributed by atoms with Crippen molar-refractivity contribution in [3.8, 4) is 5.75 Å². The number of ether oxygens (including phenoxy) is 1. The molecular formula is C16H26N2O2. The average molecular weight is 278 g/mol. The first kappa shape index (κ1) is 16.3. The van der Waals surface area contributed by atoms with Gasteiger partial charge in [-0.1, -0.05) is 32.9 Å². The van der Waals surface area contributed by atoms with Crippen LogP contribution in [-0.4, -0.2) is 19.2 Å². The molecule has 112 valence electrons. The van der Waals surface area contributed by atoms with Crippen LogP contribution < -0.4 is 15.4 Å². The van der Waals surface area contributed by atoms with Gasteiger partial charge in [0.25, 0.3) is 0 Å². The van der Waals surface area contributed by atoms with E-state index in [9.17, 15) is 4.79 Å². The SMILES string of the molecule is CCC(CC)NC(=O)NC(CC)c1ccc(OC)cc1. The largest absolute Gasteiger partial charge is 0.497 e. The summed E-state index contributed by atoms with van der Waals surface area (Å²) in [5.41, 5.74) is 1.09. The molecule has 0 bridgehead atoms. The summed E-state index contributed by atoms with van der Waals surface area (Å²) in [6, 6.07) is 7.98. The van der Waals surface area contributed by atoms with E-state index in [1.54, 1.807) is 7.11 Å². The lowest BCUT2D eigenvalue weighted by molar-refractivity contribution is 0.232. The van der Waals surface area contributed by atoms with E-state index in [-0.39, 0.29) is 18.1 Å². The van der Waals surface area contributed by atoms with E-state index in [1.165, 1.54) is 0 Å². The van der Waals surface area contributed by atoms with Crippen molar-refractivity contribution in [3.05, 3.63) is 29.8 Å². The van der Waals surface area contributed by atoms with Crippen LogP contribution in [0.3, 0.4) is 0 Å². The van der Waals surface area contributed by atoms with Crippen molar-refractivity contribution in [2.45, 2.75) is 52.1 Å². The fourth-order valence-electron chi connectivity index (χ4n) is 2.14. The van der Waals surface area contributed by atoms with Gasteiger partial charge in [0, 0.05) is 6.04 Å². The fourth-order valence-corrected chi connectivity index (χ4v) is 2.14. The molecule has 1 atom stereocenters. The first-order valence-corrected chi connectivity index (χ1v) is 7.35. The normalized spacial score (nSPS) is 12.1. The molecule has 1 rings (SSSR count). The molecular weight excluding hydrogens is 252 g/mol. The highest BCUT2D eigenvalue weighted by Crippen LogP contribution is 2.19. The molecule has 1 aromatic rings. The van der Waals surface area contributed by atoms with Crippen LogP contribution in [0.5, 0.6) is 5.75 Å². The van der Waals surface area contributed by atoms with E-state index in [1.807, 2.05) is 24.3 Å². The van der Waals surface area contributed by atoms with Crippen LogP contribution in [-0.2, 0) is 0 Å². The summed E-state index contributed by atoms with van der Waals surface area (Å²) in [5.74, 6) is 0.824. The summed E-state index contributed by atoms with van der Waals surface area (Å²) in [4.78, 5) is 12.0. The Morgan fingerprint density at radius 3 is 2.10 bits per heavy atom. The summed E-state index contributed by atoms with van der Waals surface area (Å²) in [7, 11) is 1.65. The van der Waals surface area contributed by atoms with Crippen LogP contribution in [0.2, 0.25) is 0 Å². The third-order valence-electron chi connectivity index (χ3n) is 3.55. The molecule has 0 aliphatic heterocycles. The third kappa shape index (κ3) is 4.76. The van der Waals surface area contributed by atoms with Crippen molar-refractivity contribution in [1.82, 2.24) is 10.6 Å². The number of hydrogen-bond acceptors (Lipinski definition) is 2. The van der Waals surface area contributed by atoms with Crippen molar-refractivity contribution in [2.24, 2.45) is 0 Å². The van der Waals surface area contributed by atoms with Gasteiger partial charge in [0.15, 0.2) is 0 Å². The lowest BCUT2D eigenvalue weighted by atomic mass is 10.0. The third-order valence-corrected chi connectivity index (χ3v) is 3.55. The molecule has 0 saturated heterocycles. The smallest absolute Gasteiger partial charge is 0.315 e. The van der Waals surface area contributed by atoms with E-state index >= 15 is 0 Å². The standard InChI is InChI=1S/C16H26N2O2/c1-5-13(6-2)17-16(19)18-15(7-3)12-8-10-14(20-4)11-9-12/h8-11,13,15H,5-7H2,1-4H3,(H2,17,18,19). The van der Waals surface area contributed by atoms with Gasteiger partial charge in [-0.25, -0.2) is 4.79 Å². The minimum Gasteiger partial charge on any atom is -0.497 e. The molecule has 0 aliphatic carbocycles. The van der Waals surface area contributed by atoms with E-state index in [2.05, 4.69) is 31.4 Å². The molecule has 0 saturated carbocycles. The molecule has 0 aliphatic rings. The maximum Gasteiger partial charge on any atom is 0.315 e. The lowest BCUT2D eigenvalue weighted by Crippen LogP contribution is -2.42. The molecule has 1 unspecified atom stereocenters. The Labute approximate surface area is 121 Å². The molecule has 1 aromatic carbocycles. The summed E-state index contributed by atoms with van der Waals surface area (Å²) >= 11 is 0. The second kappa shape index (κ2) is 8.46. The number of methoxy groups -OCH3 is 1. The van der Waals surface area contributed by atoms with Gasteiger partial charge in [0.05, 0.1) is 13.2 Å². The van der Waals surface area contributed by atoms with Gasteiger partial charge in [-0.05, 0) is 37.0 Å². The van der Waals surface area contributed by atoms with Gasteiger partial charge >= 0.3 is 6.03 Å². The highest BCUT2D eigenvalue weighted by molar-refractivity contribution is 5.74. The number of carbonyl (C=O) groups excluding carboxylic acids is 1. The zero-order valence-electron chi connectivity index (χ0n) is 12.9. The minimum absolute atomic E-state index is 0.0234. The van der Waals surface area contributed by atoms with Crippen LogP contribution in [0, 0.1) is 0 Å². The van der Waals surface area contributed by atoms with Crippen LogP contribution in [0.25, 0.3) is 0 Å². The number of rotatable bonds is 7. The molecule has 0 aromatic heterocycles. The Bertz CT molecular complexity index is 399. The van der Waals surface area contributed by atoms with E-state index < -0.39 is 0 Å². The van der Waals surface area contributed by atoms with E-state index in [4.69, 9.17) is 4.74 Å². The van der Waals surface area contributed by atoms with Crippen molar-refractivity contribution in [2.75, 3.05) is 7.11 Å². The molecule has 4 heteroatoms. The highest BCUT2D eigenvalue weighted by Gasteiger charge is 2.14. The predicted molar refractivity (Wildman–Crippen MR) is 82.1 cm³/mol. The van der Waals surface area contributed by atoms with Crippen molar-refractivity contribution in [3.63, 3.8) is 0 Å². The molecule has 0 radical (unpaired) electrons. The van der Waals surface area contributed by atoms with Gasteiger partial charge in [-0.3, -0.25) is 0 Å². The quantitative estimate of drug-likeness (QED) is 0.800. The minimum atomic E-state index is -0.0960. The second-order valence-corrected chi connectivity index (χ2v) is 4.87. The zero-order chi connectivity index (χ0) is 15.0. The van der Waals surface area contributed by atoms with Crippen LogP contribution in [0.4, 0.5) is 4.79 Å². The number of benzene rings is 1. The van der Waals surface area contributed by atoms with Gasteiger partial charge < -0.3 is 15.4 Å². The topological polar surface area (TPSA) is 50.4 Å². The number of hydrogen-bond donors (Lipinski definition) is 2. The fraction of sp³-hybridized carbons (Fsp3) is 0.562. The monoisotopic (exact) mass is 278 g/mol. The lowest BCUT2D eigenvalue weighted by Gasteiger charge is -2.21. The molecule has 2 amide bonds. The summed E-state index contributed by atoms with van der Waals surface area (Å²) < 4.78 is 5.15. The number of carbonyl (C=O) groups is 1. The zero-order valence-corrected chi connectivity index (χ0v) is 12.9. The van der Waals surface area contributed by atoms with Crippen molar-refractivity contribution < 1.29 is 9.53 Å². The number of nitrogens with one attached hydrogen (secondary N) is 2. The van der Waals surface area contributed by atoms with E-state index in [0.717, 1.165) is 30.6 Å². The van der Waals surface area contributed by atoms with E-state index in [0.29, 0.717) is 0 Å². The molecule has 0 fully saturated rings. The van der Waals surface area contributed by atoms with Gasteiger partial charge in [0.2, 0.25) is 0 Å². The highest BCUT2D eigenvalue weighted by atomic mass is 16.5. The van der Waals surface area contributed by atoms with Gasteiger partial charge in [-0.15, -0.1) is 0 Å². The first-order chi connectivity index (χ1) is 9.64. The van der Waals surface area contributed by atoms with Crippen LogP contribution in [0.15, 0.2) is 24.3 Å². The van der Waals surface area contributed by atoms with Crippen molar-refractivity contribution >= 4 is 6.03 Å². The Morgan fingerprint density at radius 2 is 1.65 bits per heavy atom. The Balaban J connectivity index is 2.63. The van der Waals surface area contributed by atoms with Crippen LogP contribution >= 0.6 is 0 Å². The maximum absolute atomic E-state index is 12.0. The number of urea groups is 1. The molecule has 4 nitrogen and oxygen atoms in total. The summed E-state index contributed by atoms with van der Waals surface area (Å²) in [6.07, 6.45) is 2.75. The predicted octanol–water partition coefficient (Wildman–Crippen LogP) is 3.63. The molecule has 20 heavy (non-hydrogen) atoms. The Hall–Kier alpha value is -1.71. The Kier molecular flexibility index (Phi) is 6.91. The molecule has 0 spiro atoms. The second-order valence-electron chi connectivity index (χ2n) is 4.87. The van der Waals surface area contributed by atoms with Crippen LogP contribution in [0.1, 0.15) is 51.6 Å².